The Morgan fingerprint density at radius 1 is 1.47 bits per heavy atom. The van der Waals surface area contributed by atoms with E-state index in [0.717, 1.165) is 0 Å². The van der Waals surface area contributed by atoms with E-state index in [1.54, 1.807) is 11.8 Å². The number of amides is 1. The Morgan fingerprint density at radius 3 is 2.47 bits per heavy atom. The molecular weight excluding hydrogens is 237 g/mol. The van der Waals surface area contributed by atoms with Crippen LogP contribution in [-0.2, 0) is 4.79 Å². The van der Waals surface area contributed by atoms with Gasteiger partial charge < -0.3 is 10.4 Å². The number of nitrogens with zero attached hydrogens (tertiary/aromatic N) is 1. The normalized spacial score (nSPS) is 21.2. The Bertz CT molecular complexity index is 263. The predicted octanol–water partition coefficient (Wildman–Crippen LogP) is 0.510. The van der Waals surface area contributed by atoms with Crippen LogP contribution in [0, 0.1) is 0 Å². The van der Waals surface area contributed by atoms with E-state index in [1.807, 2.05) is 5.32 Å². The summed E-state index contributed by atoms with van der Waals surface area (Å²) >= 11 is 0. The summed E-state index contributed by atoms with van der Waals surface area (Å²) in [5.74, 6) is -0.626. The lowest BCUT2D eigenvalue weighted by molar-refractivity contribution is -0.141. The fraction of sp³-hybridized carbons (Fsp3) is 0.900. The first-order chi connectivity index (χ1) is 7.79. The van der Waals surface area contributed by atoms with Gasteiger partial charge in [0.2, 0.25) is 5.91 Å². The van der Waals surface area contributed by atoms with Gasteiger partial charge in [-0.15, -0.1) is 0 Å². The molecule has 17 heavy (non-hydrogen) atoms. The summed E-state index contributed by atoms with van der Waals surface area (Å²) in [6.45, 7) is 1.33. The molecule has 0 saturated carbocycles. The van der Waals surface area contributed by atoms with Gasteiger partial charge in [0.1, 0.15) is 6.54 Å². The highest BCUT2D eigenvalue weighted by atomic mass is 19.4. The van der Waals surface area contributed by atoms with Gasteiger partial charge in [0.05, 0.1) is 12.1 Å². The third-order valence-corrected chi connectivity index (χ3v) is 2.89. The molecule has 1 aliphatic rings. The highest BCUT2D eigenvalue weighted by molar-refractivity contribution is 5.81. The van der Waals surface area contributed by atoms with Gasteiger partial charge in [-0.1, -0.05) is 0 Å². The van der Waals surface area contributed by atoms with Crippen molar-refractivity contribution in [1.29, 1.82) is 0 Å². The van der Waals surface area contributed by atoms with Crippen molar-refractivity contribution >= 4 is 5.91 Å². The van der Waals surface area contributed by atoms with E-state index in [0.29, 0.717) is 25.9 Å². The topological polar surface area (TPSA) is 52.6 Å². The molecule has 0 spiro atoms. The molecule has 1 atom stereocenters. The first kappa shape index (κ1) is 14.2. The van der Waals surface area contributed by atoms with Crippen molar-refractivity contribution < 1.29 is 23.1 Å². The van der Waals surface area contributed by atoms with E-state index < -0.39 is 24.7 Å². The molecular formula is C10H17F3N2O2. The van der Waals surface area contributed by atoms with Crippen LogP contribution in [0.2, 0.25) is 0 Å². The van der Waals surface area contributed by atoms with Gasteiger partial charge in [-0.3, -0.25) is 9.69 Å². The van der Waals surface area contributed by atoms with Crippen LogP contribution >= 0.6 is 0 Å². The minimum absolute atomic E-state index is 0.364. The van der Waals surface area contributed by atoms with Crippen LogP contribution in [0.3, 0.4) is 0 Å². The highest BCUT2D eigenvalue weighted by Crippen LogP contribution is 2.14. The van der Waals surface area contributed by atoms with Crippen molar-refractivity contribution in [2.45, 2.75) is 38.1 Å². The second-order valence-corrected chi connectivity index (χ2v) is 4.28. The van der Waals surface area contributed by atoms with Gasteiger partial charge in [0.25, 0.3) is 0 Å². The van der Waals surface area contributed by atoms with E-state index in [1.165, 1.54) is 0 Å². The maximum atomic E-state index is 11.9. The zero-order valence-electron chi connectivity index (χ0n) is 9.63. The summed E-state index contributed by atoms with van der Waals surface area (Å²) in [6.07, 6.45) is -3.64. The number of hydrogen-bond acceptors (Lipinski definition) is 3. The molecule has 0 aromatic heterocycles. The maximum Gasteiger partial charge on any atom is 0.405 e. The molecule has 1 aliphatic heterocycles. The number of nitrogens with one attached hydrogen (secondary N) is 1. The number of hydrogen-bond donors (Lipinski definition) is 2. The largest absolute Gasteiger partial charge is 0.405 e. The van der Waals surface area contributed by atoms with E-state index in [9.17, 15) is 23.1 Å². The smallest absolute Gasteiger partial charge is 0.393 e. The summed E-state index contributed by atoms with van der Waals surface area (Å²) in [4.78, 5) is 13.2. The number of piperidine rings is 1. The van der Waals surface area contributed by atoms with Crippen LogP contribution < -0.4 is 5.32 Å². The van der Waals surface area contributed by atoms with Gasteiger partial charge in [0.15, 0.2) is 0 Å². The van der Waals surface area contributed by atoms with Crippen LogP contribution in [0.15, 0.2) is 0 Å². The lowest BCUT2D eigenvalue weighted by Gasteiger charge is -2.33. The summed E-state index contributed by atoms with van der Waals surface area (Å²) < 4.78 is 35.7. The van der Waals surface area contributed by atoms with Crippen molar-refractivity contribution in [1.82, 2.24) is 10.2 Å². The number of carbonyl (C=O) groups excluding carboxylic acids is 1. The summed E-state index contributed by atoms with van der Waals surface area (Å²) in [6, 6.07) is -0.593. The fourth-order valence-corrected chi connectivity index (χ4v) is 1.77. The van der Waals surface area contributed by atoms with Crippen LogP contribution in [0.5, 0.6) is 0 Å². The third-order valence-electron chi connectivity index (χ3n) is 2.89. The van der Waals surface area contributed by atoms with Crippen LogP contribution in [0.25, 0.3) is 0 Å². The molecule has 0 aromatic rings. The van der Waals surface area contributed by atoms with Crippen LogP contribution in [-0.4, -0.2) is 53.9 Å². The number of alkyl halides is 3. The minimum Gasteiger partial charge on any atom is -0.393 e. The highest BCUT2D eigenvalue weighted by Gasteiger charge is 2.30. The fourth-order valence-electron chi connectivity index (χ4n) is 1.77. The first-order valence-corrected chi connectivity index (χ1v) is 5.56. The second-order valence-electron chi connectivity index (χ2n) is 4.28. The molecule has 2 N–H and O–H groups in total. The quantitative estimate of drug-likeness (QED) is 0.771. The van der Waals surface area contributed by atoms with Crippen molar-refractivity contribution in [3.8, 4) is 0 Å². The lowest BCUT2D eigenvalue weighted by Crippen LogP contribution is -2.50. The SMILES string of the molecule is CC(C(=O)NCC(F)(F)F)N1CCC(O)CC1. The Kier molecular flexibility index (Phi) is 4.76. The monoisotopic (exact) mass is 254 g/mol. The zero-order chi connectivity index (χ0) is 13.1. The van der Waals surface area contributed by atoms with Crippen molar-refractivity contribution in [3.05, 3.63) is 0 Å². The summed E-state index contributed by atoms with van der Waals surface area (Å²) in [5, 5.41) is 11.1. The maximum absolute atomic E-state index is 11.9. The molecule has 0 aliphatic carbocycles. The Hall–Kier alpha value is -0.820. The van der Waals surface area contributed by atoms with Gasteiger partial charge in [0, 0.05) is 13.1 Å². The number of carbonyl (C=O) groups is 1. The second kappa shape index (κ2) is 5.68. The number of aliphatic hydroxyl groups excluding tert-OH is 1. The van der Waals surface area contributed by atoms with Gasteiger partial charge in [-0.05, 0) is 19.8 Å². The average molecular weight is 254 g/mol. The Labute approximate surface area is 97.8 Å². The summed E-state index contributed by atoms with van der Waals surface area (Å²) in [7, 11) is 0. The molecule has 0 aromatic carbocycles. The zero-order valence-corrected chi connectivity index (χ0v) is 9.63. The number of halogens is 3. The molecule has 7 heteroatoms. The molecule has 1 fully saturated rings. The Balaban J connectivity index is 2.36. The summed E-state index contributed by atoms with van der Waals surface area (Å²) in [5.41, 5.74) is 0. The van der Waals surface area contributed by atoms with E-state index in [4.69, 9.17) is 0 Å². The van der Waals surface area contributed by atoms with E-state index in [2.05, 4.69) is 0 Å². The van der Waals surface area contributed by atoms with Crippen molar-refractivity contribution in [3.63, 3.8) is 0 Å². The average Bonchev–Trinajstić information content (AvgIpc) is 2.25. The first-order valence-electron chi connectivity index (χ1n) is 5.56. The van der Waals surface area contributed by atoms with Gasteiger partial charge in [-0.25, -0.2) is 0 Å². The molecule has 1 amide bonds. The van der Waals surface area contributed by atoms with Crippen molar-refractivity contribution in [2.24, 2.45) is 0 Å². The standard InChI is InChI=1S/C10H17F3N2O2/c1-7(9(17)14-6-10(11,12)13)15-4-2-8(16)3-5-15/h7-8,16H,2-6H2,1H3,(H,14,17). The number of likely N-dealkylation sites (tertiary alicyclic amines) is 1. The molecule has 100 valence electrons. The molecule has 0 radical (unpaired) electrons. The molecule has 0 bridgehead atoms. The lowest BCUT2D eigenvalue weighted by atomic mass is 10.1. The molecule has 1 unspecified atom stereocenters. The molecule has 1 rings (SSSR count). The minimum atomic E-state index is -4.38. The van der Waals surface area contributed by atoms with E-state index >= 15 is 0 Å². The van der Waals surface area contributed by atoms with Gasteiger partial charge >= 0.3 is 6.18 Å². The van der Waals surface area contributed by atoms with Crippen LogP contribution in [0.1, 0.15) is 19.8 Å². The third kappa shape index (κ3) is 4.91. The molecule has 1 saturated heterocycles. The number of aliphatic hydroxyl groups is 1. The van der Waals surface area contributed by atoms with E-state index in [-0.39, 0.29) is 6.10 Å². The predicted molar refractivity (Wildman–Crippen MR) is 55.3 cm³/mol. The molecule has 1 heterocycles. The van der Waals surface area contributed by atoms with Crippen LogP contribution in [0.4, 0.5) is 13.2 Å². The number of rotatable bonds is 3. The van der Waals surface area contributed by atoms with Crippen molar-refractivity contribution in [2.75, 3.05) is 19.6 Å². The Morgan fingerprint density at radius 2 is 2.00 bits per heavy atom. The van der Waals surface area contributed by atoms with Gasteiger partial charge in [-0.2, -0.15) is 13.2 Å². The molecule has 4 nitrogen and oxygen atoms in total.